The Labute approximate surface area is 208 Å². The average molecular weight is 469 g/mol. The van der Waals surface area contributed by atoms with Crippen LogP contribution < -0.4 is 0 Å². The lowest BCUT2D eigenvalue weighted by Gasteiger charge is -2.44. The van der Waals surface area contributed by atoms with Crippen molar-refractivity contribution >= 4 is 5.97 Å². The van der Waals surface area contributed by atoms with Crippen LogP contribution in [0.15, 0.2) is 36.0 Å². The maximum absolute atomic E-state index is 11.6. The molecule has 3 heteroatoms. The van der Waals surface area contributed by atoms with E-state index in [-0.39, 0.29) is 23.6 Å². The number of hydrogen-bond acceptors (Lipinski definition) is 3. The average Bonchev–Trinajstić information content (AvgIpc) is 3.28. The van der Waals surface area contributed by atoms with Gasteiger partial charge in [0.15, 0.2) is 0 Å². The fourth-order valence-electron chi connectivity index (χ4n) is 8.06. The van der Waals surface area contributed by atoms with E-state index in [2.05, 4.69) is 59.4 Å². The Kier molecular flexibility index (Phi) is 7.27. The van der Waals surface area contributed by atoms with E-state index in [4.69, 9.17) is 9.47 Å². The zero-order valence-corrected chi connectivity index (χ0v) is 22.7. The second-order valence-corrected chi connectivity index (χ2v) is 12.6. The summed E-state index contributed by atoms with van der Waals surface area (Å²) < 4.78 is 11.8. The van der Waals surface area contributed by atoms with Crippen LogP contribution in [0.5, 0.6) is 0 Å². The summed E-state index contributed by atoms with van der Waals surface area (Å²) in [5.41, 5.74) is 3.05. The van der Waals surface area contributed by atoms with Crippen molar-refractivity contribution in [2.45, 2.75) is 98.7 Å². The van der Waals surface area contributed by atoms with Gasteiger partial charge in [0.25, 0.3) is 0 Å². The van der Waals surface area contributed by atoms with Gasteiger partial charge < -0.3 is 9.47 Å². The van der Waals surface area contributed by atoms with Crippen molar-refractivity contribution in [3.05, 3.63) is 36.0 Å². The van der Waals surface area contributed by atoms with Crippen LogP contribution in [-0.2, 0) is 14.3 Å². The van der Waals surface area contributed by atoms with Crippen molar-refractivity contribution in [1.82, 2.24) is 0 Å². The van der Waals surface area contributed by atoms with Crippen LogP contribution in [0.3, 0.4) is 0 Å². The van der Waals surface area contributed by atoms with Gasteiger partial charge in [0.05, 0.1) is 6.10 Å². The van der Waals surface area contributed by atoms with Crippen LogP contribution in [0, 0.1) is 46.3 Å². The smallest absolute Gasteiger partial charge is 0.303 e. The number of carbonyl (C=O) groups is 1. The number of ether oxygens (including phenoxy) is 2. The van der Waals surface area contributed by atoms with Crippen LogP contribution in [0.1, 0.15) is 86.5 Å². The van der Waals surface area contributed by atoms with E-state index in [1.807, 2.05) is 7.11 Å². The summed E-state index contributed by atoms with van der Waals surface area (Å²) in [7, 11) is 1.85. The number of rotatable bonds is 8. The zero-order chi connectivity index (χ0) is 24.8. The van der Waals surface area contributed by atoms with Crippen LogP contribution in [0.25, 0.3) is 0 Å². The van der Waals surface area contributed by atoms with Crippen LogP contribution in [0.2, 0.25) is 0 Å². The van der Waals surface area contributed by atoms with Crippen LogP contribution in [-0.4, -0.2) is 25.3 Å². The van der Waals surface area contributed by atoms with E-state index in [1.165, 1.54) is 39.0 Å². The molecule has 0 aromatic heterocycles. The second kappa shape index (κ2) is 9.60. The molecule has 0 aromatic rings. The molecule has 34 heavy (non-hydrogen) atoms. The Morgan fingerprint density at radius 2 is 1.91 bits per heavy atom. The standard InChI is InChI=1S/C31H48O3/c1-19(2)20(3)11-12-21(4)26-13-14-27-24(10-9-15-30(26,27)7)16-29(33-8)31-18-25(31)17-28(22(31)5)34-23(6)32/h11-12,16,19-21,25-29H,5,9-10,13-15,17-18H2,1-4,6-8H3/b12-11+,24-16+/t20-,21+,25?,26?,27?,28-,29?,30+,31?/m0/s1. The van der Waals surface area contributed by atoms with Gasteiger partial charge in [0, 0.05) is 19.4 Å². The molecule has 0 aliphatic heterocycles. The van der Waals surface area contributed by atoms with Crippen LogP contribution >= 0.6 is 0 Å². The molecule has 190 valence electrons. The molecule has 0 aromatic carbocycles. The van der Waals surface area contributed by atoms with Gasteiger partial charge in [-0.3, -0.25) is 4.79 Å². The Balaban J connectivity index is 1.52. The molecule has 4 aliphatic rings. The molecule has 4 saturated carbocycles. The van der Waals surface area contributed by atoms with E-state index in [9.17, 15) is 4.79 Å². The van der Waals surface area contributed by atoms with Crippen molar-refractivity contribution in [1.29, 1.82) is 0 Å². The van der Waals surface area contributed by atoms with Gasteiger partial charge in [-0.15, -0.1) is 0 Å². The topological polar surface area (TPSA) is 35.5 Å². The van der Waals surface area contributed by atoms with Gasteiger partial charge in [-0.25, -0.2) is 0 Å². The first-order chi connectivity index (χ1) is 16.0. The molecule has 4 aliphatic carbocycles. The van der Waals surface area contributed by atoms with Crippen molar-refractivity contribution < 1.29 is 14.3 Å². The Hall–Kier alpha value is -1.35. The molecule has 0 heterocycles. The molecule has 4 rings (SSSR count). The van der Waals surface area contributed by atoms with E-state index in [0.29, 0.717) is 35.0 Å². The number of carbonyl (C=O) groups excluding carboxylic acids is 1. The molecule has 4 fully saturated rings. The third kappa shape index (κ3) is 4.36. The lowest BCUT2D eigenvalue weighted by atomic mass is 9.61. The van der Waals surface area contributed by atoms with E-state index in [0.717, 1.165) is 24.3 Å². The highest BCUT2D eigenvalue weighted by Crippen LogP contribution is 2.69. The summed E-state index contributed by atoms with van der Waals surface area (Å²) in [4.78, 5) is 11.6. The largest absolute Gasteiger partial charge is 0.458 e. The minimum absolute atomic E-state index is 0.0310. The highest BCUT2D eigenvalue weighted by Gasteiger charge is 2.67. The SMILES string of the molecule is C=C1[C@@H](OC(C)=O)CC2CC12C(/C=C1\CCC[C@@]2(C)C1CCC2[C@H](C)/C=C/[C@H](C)C(C)C)OC. The summed E-state index contributed by atoms with van der Waals surface area (Å²) in [5.74, 6) is 3.69. The Morgan fingerprint density at radius 3 is 2.56 bits per heavy atom. The molecule has 0 N–H and O–H groups in total. The monoisotopic (exact) mass is 468 g/mol. The molecular weight excluding hydrogens is 420 g/mol. The molecular formula is C31H48O3. The molecule has 0 spiro atoms. The lowest BCUT2D eigenvalue weighted by Crippen LogP contribution is -2.36. The van der Waals surface area contributed by atoms with Gasteiger partial charge in [-0.1, -0.05) is 65.0 Å². The van der Waals surface area contributed by atoms with E-state index in [1.54, 1.807) is 5.57 Å². The van der Waals surface area contributed by atoms with Crippen LogP contribution in [0.4, 0.5) is 0 Å². The van der Waals surface area contributed by atoms with Crippen molar-refractivity contribution in [2.75, 3.05) is 7.11 Å². The van der Waals surface area contributed by atoms with Crippen molar-refractivity contribution in [2.24, 2.45) is 46.3 Å². The Morgan fingerprint density at radius 1 is 1.18 bits per heavy atom. The maximum atomic E-state index is 11.6. The highest BCUT2D eigenvalue weighted by atomic mass is 16.5. The Bertz CT molecular complexity index is 853. The fraction of sp³-hybridized carbons (Fsp3) is 0.774. The van der Waals surface area contributed by atoms with Gasteiger partial charge >= 0.3 is 5.97 Å². The minimum atomic E-state index is -0.207. The molecule has 5 unspecified atom stereocenters. The van der Waals surface area contributed by atoms with Gasteiger partial charge in [-0.2, -0.15) is 0 Å². The molecule has 3 nitrogen and oxygen atoms in total. The normalized spacial score (nSPS) is 40.9. The first-order valence-electron chi connectivity index (χ1n) is 13.8. The lowest BCUT2D eigenvalue weighted by molar-refractivity contribution is -0.144. The van der Waals surface area contributed by atoms with Gasteiger partial charge in [0.2, 0.25) is 0 Å². The quantitative estimate of drug-likeness (QED) is 0.273. The summed E-state index contributed by atoms with van der Waals surface area (Å²) in [6, 6.07) is 0. The summed E-state index contributed by atoms with van der Waals surface area (Å²) >= 11 is 0. The molecule has 0 bridgehead atoms. The molecule has 0 amide bonds. The van der Waals surface area contributed by atoms with Crippen molar-refractivity contribution in [3.63, 3.8) is 0 Å². The summed E-state index contributed by atoms with van der Waals surface area (Å²) in [6.45, 7) is 17.9. The number of esters is 1. The predicted octanol–water partition coefficient (Wildman–Crippen LogP) is 7.53. The van der Waals surface area contributed by atoms with Crippen molar-refractivity contribution in [3.8, 4) is 0 Å². The molecule has 0 saturated heterocycles. The number of methoxy groups -OCH3 is 1. The maximum Gasteiger partial charge on any atom is 0.303 e. The summed E-state index contributed by atoms with van der Waals surface area (Å²) in [6.07, 6.45) is 15.8. The highest BCUT2D eigenvalue weighted by molar-refractivity contribution is 5.67. The number of allylic oxidation sites excluding steroid dienone is 3. The predicted molar refractivity (Wildman–Crippen MR) is 139 cm³/mol. The third-order valence-electron chi connectivity index (χ3n) is 10.5. The van der Waals surface area contributed by atoms with Gasteiger partial charge in [-0.05, 0) is 91.4 Å². The van der Waals surface area contributed by atoms with E-state index < -0.39 is 0 Å². The van der Waals surface area contributed by atoms with E-state index >= 15 is 0 Å². The first kappa shape index (κ1) is 25.7. The minimum Gasteiger partial charge on any atom is -0.458 e. The molecule has 9 atom stereocenters. The second-order valence-electron chi connectivity index (χ2n) is 12.6. The summed E-state index contributed by atoms with van der Waals surface area (Å²) in [5, 5.41) is 0. The zero-order valence-electron chi connectivity index (χ0n) is 22.7. The first-order valence-corrected chi connectivity index (χ1v) is 13.8. The number of hydrogen-bond donors (Lipinski definition) is 0. The third-order valence-corrected chi connectivity index (χ3v) is 10.5. The fourth-order valence-corrected chi connectivity index (χ4v) is 8.06. The number of fused-ring (bicyclic) bond motifs is 2. The molecule has 0 radical (unpaired) electrons. The van der Waals surface area contributed by atoms with Gasteiger partial charge in [0.1, 0.15) is 6.10 Å².